The van der Waals surface area contributed by atoms with Gasteiger partial charge in [0.15, 0.2) is 0 Å². The molecule has 3 heteroatoms. The van der Waals surface area contributed by atoms with Crippen LogP contribution >= 0.6 is 0 Å². The van der Waals surface area contributed by atoms with Crippen LogP contribution in [0.4, 0.5) is 0 Å². The van der Waals surface area contributed by atoms with Crippen LogP contribution in [0, 0.1) is 0 Å². The minimum Gasteiger partial charge on any atom is -0.303 e. The Hall–Kier alpha value is -0.380. The molecule has 2 fully saturated rings. The standard InChI is InChI=1S/C16H31N3/c1-5-15(14(2)18-12-9-17-13-18)16(3,4)19-10-7-6-8-11-19/h5,14,17H,6-13H2,1-4H3/b15-5-. The zero-order chi connectivity index (χ0) is 13.9. The van der Waals surface area contributed by atoms with Crippen molar-refractivity contribution in [3.8, 4) is 0 Å². The molecule has 0 aromatic heterocycles. The zero-order valence-corrected chi connectivity index (χ0v) is 13.2. The second-order valence-electron chi connectivity index (χ2n) is 6.50. The number of hydrogen-bond acceptors (Lipinski definition) is 3. The first-order valence-electron chi connectivity index (χ1n) is 7.94. The lowest BCUT2D eigenvalue weighted by Gasteiger charge is -2.45. The summed E-state index contributed by atoms with van der Waals surface area (Å²) in [5.74, 6) is 0. The van der Waals surface area contributed by atoms with E-state index in [0.717, 1.165) is 13.2 Å². The Morgan fingerprint density at radius 3 is 2.37 bits per heavy atom. The quantitative estimate of drug-likeness (QED) is 0.788. The molecule has 2 aliphatic rings. The minimum absolute atomic E-state index is 0.192. The van der Waals surface area contributed by atoms with Gasteiger partial charge in [0, 0.05) is 31.3 Å². The summed E-state index contributed by atoms with van der Waals surface area (Å²) in [6.45, 7) is 15.3. The Balaban J connectivity index is 2.10. The highest BCUT2D eigenvalue weighted by Crippen LogP contribution is 2.31. The number of nitrogens with zero attached hydrogens (tertiary/aromatic N) is 2. The molecule has 0 aromatic carbocycles. The fourth-order valence-electron chi connectivity index (χ4n) is 3.79. The van der Waals surface area contributed by atoms with Crippen LogP contribution in [0.3, 0.4) is 0 Å². The second-order valence-corrected chi connectivity index (χ2v) is 6.50. The molecule has 1 unspecified atom stereocenters. The van der Waals surface area contributed by atoms with Crippen LogP contribution in [0.5, 0.6) is 0 Å². The van der Waals surface area contributed by atoms with Gasteiger partial charge in [0.25, 0.3) is 0 Å². The third-order valence-corrected chi connectivity index (χ3v) is 5.05. The molecule has 1 N–H and O–H groups in total. The van der Waals surface area contributed by atoms with Crippen molar-refractivity contribution in [2.75, 3.05) is 32.8 Å². The molecule has 0 aromatic rings. The maximum absolute atomic E-state index is 3.45. The number of allylic oxidation sites excluding steroid dienone is 1. The van der Waals surface area contributed by atoms with Crippen LogP contribution in [0.25, 0.3) is 0 Å². The average Bonchev–Trinajstić information content (AvgIpc) is 2.94. The summed E-state index contributed by atoms with van der Waals surface area (Å²) in [4.78, 5) is 5.24. The summed E-state index contributed by atoms with van der Waals surface area (Å²) in [7, 11) is 0. The molecule has 0 bridgehead atoms. The highest BCUT2D eigenvalue weighted by Gasteiger charge is 2.35. The van der Waals surface area contributed by atoms with Crippen molar-refractivity contribution in [1.82, 2.24) is 15.1 Å². The highest BCUT2D eigenvalue weighted by molar-refractivity contribution is 5.23. The molecule has 0 aliphatic carbocycles. The number of hydrogen-bond donors (Lipinski definition) is 1. The molecular formula is C16H31N3. The highest BCUT2D eigenvalue weighted by atomic mass is 15.3. The molecule has 0 radical (unpaired) electrons. The normalized spacial score (nSPS) is 25.8. The van der Waals surface area contributed by atoms with Crippen molar-refractivity contribution in [1.29, 1.82) is 0 Å². The van der Waals surface area contributed by atoms with E-state index in [1.54, 1.807) is 5.57 Å². The predicted octanol–water partition coefficient (Wildman–Crippen LogP) is 2.45. The Labute approximate surface area is 119 Å². The van der Waals surface area contributed by atoms with Gasteiger partial charge in [-0.15, -0.1) is 0 Å². The fourth-order valence-corrected chi connectivity index (χ4v) is 3.79. The first-order chi connectivity index (χ1) is 9.07. The molecule has 0 spiro atoms. The largest absolute Gasteiger partial charge is 0.303 e. The molecule has 2 saturated heterocycles. The van der Waals surface area contributed by atoms with Crippen LogP contribution in [0.2, 0.25) is 0 Å². The minimum atomic E-state index is 0.192. The van der Waals surface area contributed by atoms with Crippen LogP contribution in [0.1, 0.15) is 47.0 Å². The van der Waals surface area contributed by atoms with E-state index >= 15 is 0 Å². The van der Waals surface area contributed by atoms with Gasteiger partial charge in [-0.3, -0.25) is 9.80 Å². The van der Waals surface area contributed by atoms with Crippen molar-refractivity contribution in [2.24, 2.45) is 0 Å². The number of piperidine rings is 1. The smallest absolute Gasteiger partial charge is 0.0486 e. The number of likely N-dealkylation sites (tertiary alicyclic amines) is 1. The molecule has 19 heavy (non-hydrogen) atoms. The second kappa shape index (κ2) is 6.38. The Morgan fingerprint density at radius 2 is 1.84 bits per heavy atom. The molecule has 1 atom stereocenters. The van der Waals surface area contributed by atoms with Crippen molar-refractivity contribution < 1.29 is 0 Å². The van der Waals surface area contributed by atoms with E-state index in [2.05, 4.69) is 48.9 Å². The van der Waals surface area contributed by atoms with Crippen molar-refractivity contribution in [2.45, 2.75) is 58.5 Å². The van der Waals surface area contributed by atoms with E-state index in [0.29, 0.717) is 6.04 Å². The van der Waals surface area contributed by atoms with Gasteiger partial charge in [0.05, 0.1) is 0 Å². The molecule has 3 nitrogen and oxygen atoms in total. The predicted molar refractivity (Wildman–Crippen MR) is 82.3 cm³/mol. The molecule has 0 saturated carbocycles. The van der Waals surface area contributed by atoms with Crippen molar-refractivity contribution >= 4 is 0 Å². The molecule has 2 rings (SSSR count). The third-order valence-electron chi connectivity index (χ3n) is 5.05. The lowest BCUT2D eigenvalue weighted by atomic mass is 9.85. The van der Waals surface area contributed by atoms with E-state index in [1.807, 2.05) is 0 Å². The first-order valence-corrected chi connectivity index (χ1v) is 7.94. The Bertz CT molecular complexity index is 310. The summed E-state index contributed by atoms with van der Waals surface area (Å²) < 4.78 is 0. The maximum atomic E-state index is 3.45. The van der Waals surface area contributed by atoms with Gasteiger partial charge < -0.3 is 5.32 Å². The topological polar surface area (TPSA) is 18.5 Å². The maximum Gasteiger partial charge on any atom is 0.0486 e. The number of rotatable bonds is 4. The van der Waals surface area contributed by atoms with E-state index < -0.39 is 0 Å². The van der Waals surface area contributed by atoms with Crippen LogP contribution in [0.15, 0.2) is 11.6 Å². The lowest BCUT2D eigenvalue weighted by molar-refractivity contribution is 0.107. The van der Waals surface area contributed by atoms with Gasteiger partial charge in [-0.25, -0.2) is 0 Å². The van der Waals surface area contributed by atoms with Crippen LogP contribution < -0.4 is 5.32 Å². The fraction of sp³-hybridized carbons (Fsp3) is 0.875. The van der Waals surface area contributed by atoms with Gasteiger partial charge in [0.2, 0.25) is 0 Å². The Morgan fingerprint density at radius 1 is 1.16 bits per heavy atom. The molecule has 2 heterocycles. The van der Waals surface area contributed by atoms with Gasteiger partial charge in [-0.2, -0.15) is 0 Å². The van der Waals surface area contributed by atoms with Crippen molar-refractivity contribution in [3.05, 3.63) is 11.6 Å². The summed E-state index contributed by atoms with van der Waals surface area (Å²) >= 11 is 0. The van der Waals surface area contributed by atoms with E-state index in [1.165, 1.54) is 38.9 Å². The number of nitrogens with one attached hydrogen (secondary N) is 1. The summed E-state index contributed by atoms with van der Waals surface area (Å²) in [5, 5.41) is 3.45. The SMILES string of the molecule is C/C=C(/C(C)N1CCNC1)C(C)(C)N1CCCCC1. The molecular weight excluding hydrogens is 234 g/mol. The van der Waals surface area contributed by atoms with Crippen LogP contribution in [-0.4, -0.2) is 54.2 Å². The first kappa shape index (κ1) is 15.0. The summed E-state index contributed by atoms with van der Waals surface area (Å²) in [5.41, 5.74) is 1.77. The van der Waals surface area contributed by atoms with Gasteiger partial charge >= 0.3 is 0 Å². The average molecular weight is 265 g/mol. The van der Waals surface area contributed by atoms with E-state index in [4.69, 9.17) is 0 Å². The Kier molecular flexibility index (Phi) is 5.04. The third kappa shape index (κ3) is 3.21. The van der Waals surface area contributed by atoms with Gasteiger partial charge in [-0.05, 0) is 59.2 Å². The van der Waals surface area contributed by atoms with Gasteiger partial charge in [-0.1, -0.05) is 12.5 Å². The molecule has 2 aliphatic heterocycles. The molecule has 0 amide bonds. The van der Waals surface area contributed by atoms with Crippen LogP contribution in [-0.2, 0) is 0 Å². The van der Waals surface area contributed by atoms with Gasteiger partial charge in [0.1, 0.15) is 0 Å². The molecule has 110 valence electrons. The van der Waals surface area contributed by atoms with E-state index in [9.17, 15) is 0 Å². The van der Waals surface area contributed by atoms with E-state index in [-0.39, 0.29) is 5.54 Å². The van der Waals surface area contributed by atoms with Crippen molar-refractivity contribution in [3.63, 3.8) is 0 Å². The monoisotopic (exact) mass is 265 g/mol. The lowest BCUT2D eigenvalue weighted by Crippen LogP contribution is -2.52. The summed E-state index contributed by atoms with van der Waals surface area (Å²) in [6.07, 6.45) is 6.49. The zero-order valence-electron chi connectivity index (χ0n) is 13.2. The summed E-state index contributed by atoms with van der Waals surface area (Å²) in [6, 6.07) is 0.539.